The Bertz CT molecular complexity index is 373. The fourth-order valence-electron chi connectivity index (χ4n) is 1.23. The number of halogens is 1. The molecule has 5 nitrogen and oxygen atoms in total. The van der Waals surface area contributed by atoms with Crippen molar-refractivity contribution >= 4 is 0 Å². The van der Waals surface area contributed by atoms with Crippen LogP contribution in [0.4, 0.5) is 4.39 Å². The van der Waals surface area contributed by atoms with E-state index in [1.54, 1.807) is 6.92 Å². The van der Waals surface area contributed by atoms with Crippen LogP contribution in [-0.4, -0.2) is 16.7 Å². The topological polar surface area (TPSA) is 76.0 Å². The molecule has 1 aliphatic rings. The molecule has 0 bridgehead atoms. The van der Waals surface area contributed by atoms with Gasteiger partial charge in [-0.15, -0.1) is 0 Å². The van der Waals surface area contributed by atoms with E-state index >= 15 is 0 Å². The maximum atomic E-state index is 13.4. The number of nitrogens with two attached hydrogens (primary N) is 1. The first-order chi connectivity index (χ1) is 6.72. The number of hydrogen-bond acceptors (Lipinski definition) is 4. The van der Waals surface area contributed by atoms with E-state index < -0.39 is 6.23 Å². The van der Waals surface area contributed by atoms with E-state index in [0.29, 0.717) is 12.2 Å². The molecule has 1 atom stereocenters. The zero-order valence-corrected chi connectivity index (χ0v) is 7.67. The fraction of sp³-hybridized carbons (Fsp3) is 0.375. The van der Waals surface area contributed by atoms with Crippen LogP contribution in [0, 0.1) is 12.7 Å². The minimum Gasteiger partial charge on any atom is -0.470 e. The summed E-state index contributed by atoms with van der Waals surface area (Å²) in [6, 6.07) is 0. The van der Waals surface area contributed by atoms with Crippen molar-refractivity contribution in [3.05, 3.63) is 29.2 Å². The molecule has 0 saturated heterocycles. The first kappa shape index (κ1) is 9.01. The number of ether oxygens (including phenoxy) is 1. The number of nitrogens with zero attached hydrogens (tertiary/aromatic N) is 1. The largest absolute Gasteiger partial charge is 0.470 e. The van der Waals surface area contributed by atoms with Gasteiger partial charge in [-0.1, -0.05) is 0 Å². The van der Waals surface area contributed by atoms with E-state index in [0.717, 1.165) is 5.70 Å². The predicted octanol–water partition coefficient (Wildman–Crippen LogP) is 0.276. The van der Waals surface area contributed by atoms with Gasteiger partial charge < -0.3 is 15.8 Å². The van der Waals surface area contributed by atoms with Gasteiger partial charge in [0.2, 0.25) is 6.23 Å². The zero-order valence-electron chi connectivity index (χ0n) is 7.67. The maximum Gasteiger partial charge on any atom is 0.217 e. The molecule has 1 aromatic rings. The van der Waals surface area contributed by atoms with Crippen molar-refractivity contribution in [3.63, 3.8) is 0 Å². The van der Waals surface area contributed by atoms with Crippen LogP contribution in [0.15, 0.2) is 12.0 Å². The average molecular weight is 198 g/mol. The first-order valence-corrected chi connectivity index (χ1v) is 4.24. The Balaban J connectivity index is 2.16. The highest BCUT2D eigenvalue weighted by Crippen LogP contribution is 2.22. The average Bonchev–Trinajstić information content (AvgIpc) is 2.75. The van der Waals surface area contributed by atoms with Crippen LogP contribution in [-0.2, 0) is 4.74 Å². The first-order valence-electron chi connectivity index (χ1n) is 4.24. The summed E-state index contributed by atoms with van der Waals surface area (Å²) >= 11 is 0. The highest BCUT2D eigenvalue weighted by molar-refractivity contribution is 5.17. The van der Waals surface area contributed by atoms with Crippen molar-refractivity contribution in [2.45, 2.75) is 13.2 Å². The molecule has 2 heterocycles. The van der Waals surface area contributed by atoms with Gasteiger partial charge in [-0.3, -0.25) is 5.10 Å². The second kappa shape index (κ2) is 3.30. The Labute approximate surface area is 80.1 Å². The molecule has 1 aromatic heterocycles. The number of aryl methyl sites for hydroxylation is 1. The van der Waals surface area contributed by atoms with Gasteiger partial charge in [-0.05, 0) is 6.92 Å². The van der Waals surface area contributed by atoms with Crippen LogP contribution in [0.25, 0.3) is 0 Å². The SMILES string of the molecule is Cc1[nH]nc(C2NC(CN)=CO2)c1F. The van der Waals surface area contributed by atoms with Crippen LogP contribution in [0.2, 0.25) is 0 Å². The smallest absolute Gasteiger partial charge is 0.217 e. The number of aromatic nitrogens is 2. The number of H-pyrrole nitrogens is 1. The molecule has 0 spiro atoms. The molecule has 14 heavy (non-hydrogen) atoms. The molecule has 1 unspecified atom stereocenters. The quantitative estimate of drug-likeness (QED) is 0.637. The van der Waals surface area contributed by atoms with Crippen molar-refractivity contribution in [1.29, 1.82) is 0 Å². The van der Waals surface area contributed by atoms with Crippen LogP contribution in [0.5, 0.6) is 0 Å². The lowest BCUT2D eigenvalue weighted by Crippen LogP contribution is -2.21. The zero-order chi connectivity index (χ0) is 10.1. The Morgan fingerprint density at radius 1 is 1.71 bits per heavy atom. The Morgan fingerprint density at radius 3 is 3.00 bits per heavy atom. The minimum absolute atomic E-state index is 0.224. The van der Waals surface area contributed by atoms with Gasteiger partial charge in [0, 0.05) is 6.54 Å². The van der Waals surface area contributed by atoms with E-state index in [4.69, 9.17) is 10.5 Å². The van der Waals surface area contributed by atoms with Crippen molar-refractivity contribution in [3.8, 4) is 0 Å². The number of aromatic amines is 1. The highest BCUT2D eigenvalue weighted by atomic mass is 19.1. The lowest BCUT2D eigenvalue weighted by Gasteiger charge is -2.08. The maximum absolute atomic E-state index is 13.4. The summed E-state index contributed by atoms with van der Waals surface area (Å²) in [5.41, 5.74) is 6.74. The molecule has 76 valence electrons. The summed E-state index contributed by atoms with van der Waals surface area (Å²) in [5, 5.41) is 9.25. The summed E-state index contributed by atoms with van der Waals surface area (Å²) in [6.07, 6.45) is 0.909. The molecule has 4 N–H and O–H groups in total. The number of nitrogens with one attached hydrogen (secondary N) is 2. The third-order valence-corrected chi connectivity index (χ3v) is 2.03. The van der Waals surface area contributed by atoms with Gasteiger partial charge in [0.15, 0.2) is 11.5 Å². The summed E-state index contributed by atoms with van der Waals surface area (Å²) in [4.78, 5) is 0. The summed E-state index contributed by atoms with van der Waals surface area (Å²) in [7, 11) is 0. The third kappa shape index (κ3) is 1.33. The minimum atomic E-state index is -0.571. The normalized spacial score (nSPS) is 20.2. The molecule has 0 saturated carbocycles. The van der Waals surface area contributed by atoms with Gasteiger partial charge in [0.25, 0.3) is 0 Å². The monoisotopic (exact) mass is 198 g/mol. The van der Waals surface area contributed by atoms with Crippen molar-refractivity contribution in [2.24, 2.45) is 5.73 Å². The summed E-state index contributed by atoms with van der Waals surface area (Å²) in [5.74, 6) is -0.380. The molecule has 0 aromatic carbocycles. The molecule has 2 rings (SSSR count). The summed E-state index contributed by atoms with van der Waals surface area (Å²) < 4.78 is 18.5. The van der Waals surface area contributed by atoms with Gasteiger partial charge >= 0.3 is 0 Å². The van der Waals surface area contributed by atoms with Crippen molar-refractivity contribution in [1.82, 2.24) is 15.5 Å². The molecule has 0 radical (unpaired) electrons. The number of rotatable bonds is 2. The van der Waals surface area contributed by atoms with E-state index in [2.05, 4.69) is 15.5 Å². The Kier molecular flexibility index (Phi) is 2.12. The van der Waals surface area contributed by atoms with Crippen molar-refractivity contribution < 1.29 is 9.13 Å². The lowest BCUT2D eigenvalue weighted by molar-refractivity contribution is 0.145. The summed E-state index contributed by atoms with van der Waals surface area (Å²) in [6.45, 7) is 1.94. The molecule has 6 heteroatoms. The van der Waals surface area contributed by atoms with Gasteiger partial charge in [0.05, 0.1) is 11.4 Å². The van der Waals surface area contributed by atoms with Crippen LogP contribution >= 0.6 is 0 Å². The van der Waals surface area contributed by atoms with Gasteiger partial charge in [0.1, 0.15) is 6.26 Å². The fourth-order valence-corrected chi connectivity index (χ4v) is 1.23. The van der Waals surface area contributed by atoms with Crippen LogP contribution in [0.1, 0.15) is 17.6 Å². The van der Waals surface area contributed by atoms with Gasteiger partial charge in [-0.2, -0.15) is 5.10 Å². The molecular weight excluding hydrogens is 187 g/mol. The van der Waals surface area contributed by atoms with E-state index in [9.17, 15) is 4.39 Å². The van der Waals surface area contributed by atoms with E-state index in [1.165, 1.54) is 6.26 Å². The second-order valence-electron chi connectivity index (χ2n) is 3.06. The van der Waals surface area contributed by atoms with Gasteiger partial charge in [-0.25, -0.2) is 4.39 Å². The molecular formula is C8H11FN4O. The van der Waals surface area contributed by atoms with E-state index in [-0.39, 0.29) is 11.5 Å². The molecule has 0 aliphatic carbocycles. The van der Waals surface area contributed by atoms with Crippen LogP contribution < -0.4 is 11.1 Å². The third-order valence-electron chi connectivity index (χ3n) is 2.03. The molecule has 0 amide bonds. The predicted molar refractivity (Wildman–Crippen MR) is 47.4 cm³/mol. The van der Waals surface area contributed by atoms with E-state index in [1.807, 2.05) is 0 Å². The Morgan fingerprint density at radius 2 is 2.50 bits per heavy atom. The number of hydrogen-bond donors (Lipinski definition) is 3. The second-order valence-corrected chi connectivity index (χ2v) is 3.06. The van der Waals surface area contributed by atoms with Crippen LogP contribution in [0.3, 0.4) is 0 Å². The Hall–Kier alpha value is -1.56. The standard InChI is InChI=1S/C8H11FN4O/c1-4-6(9)7(13-12-4)8-11-5(2-10)3-14-8/h3,8,11H,2,10H2,1H3,(H,12,13). The molecule has 1 aliphatic heterocycles. The van der Waals surface area contributed by atoms with Crippen molar-refractivity contribution in [2.75, 3.05) is 6.54 Å². The lowest BCUT2D eigenvalue weighted by atomic mass is 10.3. The highest BCUT2D eigenvalue weighted by Gasteiger charge is 2.25. The molecule has 0 fully saturated rings.